The van der Waals surface area contributed by atoms with Gasteiger partial charge in [0.05, 0.1) is 0 Å². The molecule has 5 nitrogen and oxygen atoms in total. The van der Waals surface area contributed by atoms with E-state index in [1.807, 2.05) is 6.92 Å². The monoisotopic (exact) mass is 249 g/mol. The van der Waals surface area contributed by atoms with Crippen molar-refractivity contribution in [3.63, 3.8) is 0 Å². The van der Waals surface area contributed by atoms with Crippen LogP contribution in [0.15, 0.2) is 0 Å². The highest BCUT2D eigenvalue weighted by molar-refractivity contribution is 7.86. The standard InChI is InChI=1S/C10H23N3O2S/c1-10(6-7-11)12(2)16(14,15)13-8-4-3-5-9-13/h10H,3-9,11H2,1-2H3. The summed E-state index contributed by atoms with van der Waals surface area (Å²) < 4.78 is 27.5. The summed E-state index contributed by atoms with van der Waals surface area (Å²) in [6.45, 7) is 3.72. The van der Waals surface area contributed by atoms with Gasteiger partial charge in [0.15, 0.2) is 0 Å². The van der Waals surface area contributed by atoms with Crippen LogP contribution in [-0.2, 0) is 10.2 Å². The SMILES string of the molecule is CC(CCN)N(C)S(=O)(=O)N1CCCCC1. The lowest BCUT2D eigenvalue weighted by molar-refractivity contribution is 0.292. The van der Waals surface area contributed by atoms with E-state index < -0.39 is 10.2 Å². The van der Waals surface area contributed by atoms with Gasteiger partial charge in [0.1, 0.15) is 0 Å². The van der Waals surface area contributed by atoms with Gasteiger partial charge in [-0.25, -0.2) is 0 Å². The second kappa shape index (κ2) is 5.95. The van der Waals surface area contributed by atoms with Crippen molar-refractivity contribution in [2.45, 2.75) is 38.6 Å². The zero-order chi connectivity index (χ0) is 12.2. The van der Waals surface area contributed by atoms with Crippen LogP contribution in [0, 0.1) is 0 Å². The maximum Gasteiger partial charge on any atom is 0.281 e. The topological polar surface area (TPSA) is 66.6 Å². The van der Waals surface area contributed by atoms with E-state index in [1.165, 1.54) is 4.31 Å². The summed E-state index contributed by atoms with van der Waals surface area (Å²) in [6.07, 6.45) is 3.77. The summed E-state index contributed by atoms with van der Waals surface area (Å²) >= 11 is 0. The van der Waals surface area contributed by atoms with Crippen LogP contribution in [0.2, 0.25) is 0 Å². The Kier molecular flexibility index (Phi) is 5.17. The molecule has 1 unspecified atom stereocenters. The molecule has 6 heteroatoms. The van der Waals surface area contributed by atoms with E-state index in [4.69, 9.17) is 5.73 Å². The molecule has 1 atom stereocenters. The van der Waals surface area contributed by atoms with Gasteiger partial charge in [-0.1, -0.05) is 6.42 Å². The van der Waals surface area contributed by atoms with E-state index in [0.29, 0.717) is 26.1 Å². The van der Waals surface area contributed by atoms with Crippen molar-refractivity contribution in [2.75, 3.05) is 26.7 Å². The molecule has 0 amide bonds. The van der Waals surface area contributed by atoms with Crippen molar-refractivity contribution in [1.29, 1.82) is 0 Å². The maximum atomic E-state index is 12.2. The lowest BCUT2D eigenvalue weighted by Crippen LogP contribution is -2.47. The van der Waals surface area contributed by atoms with E-state index in [2.05, 4.69) is 0 Å². The van der Waals surface area contributed by atoms with Crippen LogP contribution < -0.4 is 5.73 Å². The maximum absolute atomic E-state index is 12.2. The average molecular weight is 249 g/mol. The quantitative estimate of drug-likeness (QED) is 0.766. The van der Waals surface area contributed by atoms with Gasteiger partial charge in [-0.05, 0) is 32.7 Å². The Balaban J connectivity index is 2.67. The van der Waals surface area contributed by atoms with E-state index in [0.717, 1.165) is 19.3 Å². The number of rotatable bonds is 5. The largest absolute Gasteiger partial charge is 0.330 e. The summed E-state index contributed by atoms with van der Waals surface area (Å²) in [6, 6.07) is -0.0306. The van der Waals surface area contributed by atoms with Crippen LogP contribution in [0.1, 0.15) is 32.6 Å². The smallest absolute Gasteiger partial charge is 0.281 e. The Hall–Kier alpha value is -0.170. The van der Waals surface area contributed by atoms with Gasteiger partial charge < -0.3 is 5.73 Å². The van der Waals surface area contributed by atoms with E-state index in [1.54, 1.807) is 11.4 Å². The number of hydrogen-bond acceptors (Lipinski definition) is 3. The van der Waals surface area contributed by atoms with Gasteiger partial charge >= 0.3 is 0 Å². The van der Waals surface area contributed by atoms with Crippen LogP contribution in [0.3, 0.4) is 0 Å². The lowest BCUT2D eigenvalue weighted by Gasteiger charge is -2.32. The Morgan fingerprint density at radius 1 is 1.31 bits per heavy atom. The third kappa shape index (κ3) is 3.16. The first-order valence-electron chi connectivity index (χ1n) is 5.93. The molecule has 0 radical (unpaired) electrons. The fourth-order valence-electron chi connectivity index (χ4n) is 1.93. The Morgan fingerprint density at radius 3 is 2.38 bits per heavy atom. The number of hydrogen-bond donors (Lipinski definition) is 1. The van der Waals surface area contributed by atoms with Gasteiger partial charge in [0, 0.05) is 26.2 Å². The molecule has 0 aromatic carbocycles. The van der Waals surface area contributed by atoms with Gasteiger partial charge in [-0.2, -0.15) is 17.0 Å². The second-order valence-electron chi connectivity index (χ2n) is 4.41. The molecule has 1 fully saturated rings. The van der Waals surface area contributed by atoms with Crippen molar-refractivity contribution in [3.8, 4) is 0 Å². The molecule has 1 saturated heterocycles. The molecule has 1 aliphatic rings. The van der Waals surface area contributed by atoms with Crippen LogP contribution in [-0.4, -0.2) is 49.8 Å². The summed E-state index contributed by atoms with van der Waals surface area (Å²) in [5, 5.41) is 0. The summed E-state index contributed by atoms with van der Waals surface area (Å²) in [4.78, 5) is 0. The first-order chi connectivity index (χ1) is 7.50. The van der Waals surface area contributed by atoms with Crippen LogP contribution >= 0.6 is 0 Å². The second-order valence-corrected chi connectivity index (χ2v) is 6.40. The van der Waals surface area contributed by atoms with E-state index in [-0.39, 0.29) is 6.04 Å². The lowest BCUT2D eigenvalue weighted by atomic mass is 10.2. The minimum atomic E-state index is -3.27. The zero-order valence-corrected chi connectivity index (χ0v) is 11.0. The fraction of sp³-hybridized carbons (Fsp3) is 1.00. The number of nitrogens with two attached hydrogens (primary N) is 1. The van der Waals surface area contributed by atoms with Crippen LogP contribution in [0.25, 0.3) is 0 Å². The molecule has 1 rings (SSSR count). The van der Waals surface area contributed by atoms with Crippen molar-refractivity contribution in [3.05, 3.63) is 0 Å². The third-order valence-electron chi connectivity index (χ3n) is 3.21. The Morgan fingerprint density at radius 2 is 1.88 bits per heavy atom. The van der Waals surface area contributed by atoms with Crippen molar-refractivity contribution >= 4 is 10.2 Å². The van der Waals surface area contributed by atoms with Crippen molar-refractivity contribution in [2.24, 2.45) is 5.73 Å². The molecule has 0 saturated carbocycles. The number of nitrogens with zero attached hydrogens (tertiary/aromatic N) is 2. The molecular formula is C10H23N3O2S. The van der Waals surface area contributed by atoms with Gasteiger partial charge in [0.2, 0.25) is 0 Å². The Bertz CT molecular complexity index is 299. The molecule has 0 aromatic rings. The molecule has 1 heterocycles. The zero-order valence-electron chi connectivity index (χ0n) is 10.2. The van der Waals surface area contributed by atoms with Gasteiger partial charge in [-0.15, -0.1) is 0 Å². The highest BCUT2D eigenvalue weighted by Gasteiger charge is 2.30. The molecule has 0 aromatic heterocycles. The van der Waals surface area contributed by atoms with Crippen LogP contribution in [0.4, 0.5) is 0 Å². The minimum absolute atomic E-state index is 0.0306. The molecule has 0 bridgehead atoms. The highest BCUT2D eigenvalue weighted by Crippen LogP contribution is 2.17. The summed E-state index contributed by atoms with van der Waals surface area (Å²) in [5.41, 5.74) is 5.45. The van der Waals surface area contributed by atoms with Crippen molar-refractivity contribution < 1.29 is 8.42 Å². The van der Waals surface area contributed by atoms with Gasteiger partial charge in [-0.3, -0.25) is 0 Å². The molecule has 0 spiro atoms. The molecule has 2 N–H and O–H groups in total. The first kappa shape index (κ1) is 13.9. The molecule has 0 aliphatic carbocycles. The van der Waals surface area contributed by atoms with Gasteiger partial charge in [0.25, 0.3) is 10.2 Å². The van der Waals surface area contributed by atoms with Crippen molar-refractivity contribution in [1.82, 2.24) is 8.61 Å². The summed E-state index contributed by atoms with van der Waals surface area (Å²) in [7, 11) is -1.63. The van der Waals surface area contributed by atoms with Crippen LogP contribution in [0.5, 0.6) is 0 Å². The molecule has 96 valence electrons. The Labute approximate surface area is 98.8 Å². The minimum Gasteiger partial charge on any atom is -0.330 e. The predicted molar refractivity (Wildman–Crippen MR) is 65.2 cm³/mol. The molecular weight excluding hydrogens is 226 g/mol. The number of piperidine rings is 1. The fourth-order valence-corrected chi connectivity index (χ4v) is 3.57. The average Bonchev–Trinajstić information content (AvgIpc) is 2.29. The first-order valence-corrected chi connectivity index (χ1v) is 7.33. The molecule has 1 aliphatic heterocycles. The van der Waals surface area contributed by atoms with E-state index >= 15 is 0 Å². The normalized spacial score (nSPS) is 21.2. The predicted octanol–water partition coefficient (Wildman–Crippen LogP) is 0.386. The third-order valence-corrected chi connectivity index (χ3v) is 5.32. The molecule has 16 heavy (non-hydrogen) atoms. The van der Waals surface area contributed by atoms with E-state index in [9.17, 15) is 8.42 Å². The highest BCUT2D eigenvalue weighted by atomic mass is 32.2. The summed E-state index contributed by atoms with van der Waals surface area (Å²) in [5.74, 6) is 0.